The fourth-order valence-electron chi connectivity index (χ4n) is 6.44. The molecule has 1 aliphatic carbocycles. The summed E-state index contributed by atoms with van der Waals surface area (Å²) in [4.78, 5) is 27.9. The lowest BCUT2D eigenvalue weighted by atomic mass is 9.67. The first-order chi connectivity index (χ1) is 19.7. The Hall–Kier alpha value is -2.69. The number of imide groups is 1. The van der Waals surface area contributed by atoms with Crippen molar-refractivity contribution in [3.05, 3.63) is 68.3 Å². The molecule has 0 unspecified atom stereocenters. The number of hydrogen-bond acceptors (Lipinski definition) is 6. The molecule has 8 heteroatoms. The highest BCUT2D eigenvalue weighted by atomic mass is 127. The van der Waals surface area contributed by atoms with E-state index in [1.54, 1.807) is 6.07 Å². The molecule has 4 rings (SSSR count). The lowest BCUT2D eigenvalue weighted by molar-refractivity contribution is -0.140. The summed E-state index contributed by atoms with van der Waals surface area (Å²) < 4.78 is 6.03. The first-order valence-corrected chi connectivity index (χ1v) is 15.5. The normalized spacial score (nSPS) is 21.9. The van der Waals surface area contributed by atoms with Gasteiger partial charge in [-0.3, -0.25) is 14.5 Å². The van der Waals surface area contributed by atoms with Crippen molar-refractivity contribution in [3.63, 3.8) is 0 Å². The minimum absolute atomic E-state index is 0.0976. The molecule has 41 heavy (non-hydrogen) atoms. The van der Waals surface area contributed by atoms with Crippen molar-refractivity contribution in [3.8, 4) is 11.5 Å². The van der Waals surface area contributed by atoms with Crippen LogP contribution in [0.2, 0.25) is 0 Å². The van der Waals surface area contributed by atoms with E-state index in [9.17, 15) is 24.9 Å². The van der Waals surface area contributed by atoms with Crippen molar-refractivity contribution in [2.45, 2.75) is 58.5 Å². The molecule has 0 aromatic heterocycles. The Kier molecular flexibility index (Phi) is 10.7. The van der Waals surface area contributed by atoms with Gasteiger partial charge >= 0.3 is 0 Å². The van der Waals surface area contributed by atoms with E-state index in [1.807, 2.05) is 49.4 Å². The van der Waals surface area contributed by atoms with Gasteiger partial charge < -0.3 is 20.1 Å². The molecule has 1 aliphatic heterocycles. The monoisotopic (exact) mass is 673 g/mol. The van der Waals surface area contributed by atoms with Crippen LogP contribution in [0.3, 0.4) is 0 Å². The number of fused-ring (bicyclic) bond motifs is 1. The summed E-state index contributed by atoms with van der Waals surface area (Å²) in [6.07, 6.45) is 4.81. The average molecular weight is 674 g/mol. The van der Waals surface area contributed by atoms with Crippen LogP contribution < -0.4 is 4.74 Å². The third-order valence-electron chi connectivity index (χ3n) is 8.27. The van der Waals surface area contributed by atoms with Crippen molar-refractivity contribution < 1.29 is 29.6 Å². The summed E-state index contributed by atoms with van der Waals surface area (Å²) >= 11 is 2.08. The molecule has 1 fully saturated rings. The maximum Gasteiger partial charge on any atom is 0.233 e. The molecule has 2 aromatic rings. The number of halogens is 1. The molecule has 1 heterocycles. The molecule has 0 bridgehead atoms. The van der Waals surface area contributed by atoms with E-state index in [1.165, 1.54) is 12.0 Å². The van der Waals surface area contributed by atoms with Crippen molar-refractivity contribution >= 4 is 46.1 Å². The minimum atomic E-state index is -0.862. The molecule has 7 nitrogen and oxygen atoms in total. The number of aliphatic hydroxyl groups is 2. The van der Waals surface area contributed by atoms with Gasteiger partial charge in [0.2, 0.25) is 11.8 Å². The SMILES string of the molecule is CCCC1=C([C@H](O)CC/C(=C/c2cc(I)c(O)c(OC)c2)c2ccccc2)[C@H](CO)[C@@H]2C(=O)N(CCC)C(=O)[C@@H]2C1. The Labute approximate surface area is 256 Å². The van der Waals surface area contributed by atoms with E-state index >= 15 is 0 Å². The Morgan fingerprint density at radius 3 is 2.51 bits per heavy atom. The standard InChI is InChI=1S/C33H40INO6/c1-4-9-23-18-24-30(33(40)35(14-5-2)32(24)39)25(19-36)29(23)27(37)13-12-22(21-10-7-6-8-11-21)15-20-16-26(34)31(38)28(17-20)41-3/h6-8,10-11,15-17,24-25,27,30,36-38H,4-5,9,12-14,18-19H2,1-3H3/b22-15-/t24-,25+,27-,30-/m1/s1. The zero-order valence-electron chi connectivity index (χ0n) is 24.0. The Morgan fingerprint density at radius 2 is 1.88 bits per heavy atom. The molecular formula is C33H40INO6. The highest BCUT2D eigenvalue weighted by Gasteiger charge is 2.54. The van der Waals surface area contributed by atoms with Crippen LogP contribution in [-0.4, -0.2) is 58.4 Å². The van der Waals surface area contributed by atoms with Gasteiger partial charge in [-0.2, -0.15) is 0 Å². The van der Waals surface area contributed by atoms with E-state index in [-0.39, 0.29) is 24.2 Å². The second-order valence-electron chi connectivity index (χ2n) is 10.9. The smallest absolute Gasteiger partial charge is 0.233 e. The fourth-order valence-corrected chi connectivity index (χ4v) is 7.07. The summed E-state index contributed by atoms with van der Waals surface area (Å²) in [7, 11) is 1.52. The third-order valence-corrected chi connectivity index (χ3v) is 9.10. The Bertz CT molecular complexity index is 1320. The Morgan fingerprint density at radius 1 is 1.15 bits per heavy atom. The number of carbonyl (C=O) groups is 2. The highest BCUT2D eigenvalue weighted by molar-refractivity contribution is 14.1. The maximum atomic E-state index is 13.4. The van der Waals surface area contributed by atoms with Crippen LogP contribution in [0.15, 0.2) is 53.6 Å². The molecular weight excluding hydrogens is 633 g/mol. The molecule has 0 radical (unpaired) electrons. The Balaban J connectivity index is 1.66. The summed E-state index contributed by atoms with van der Waals surface area (Å²) in [6, 6.07) is 13.6. The molecule has 2 aliphatic rings. The van der Waals surface area contributed by atoms with Gasteiger partial charge in [-0.15, -0.1) is 0 Å². The predicted molar refractivity (Wildman–Crippen MR) is 168 cm³/mol. The van der Waals surface area contributed by atoms with Gasteiger partial charge in [0, 0.05) is 12.5 Å². The molecule has 3 N–H and O–H groups in total. The van der Waals surface area contributed by atoms with Gasteiger partial charge in [0.1, 0.15) is 0 Å². The third kappa shape index (κ3) is 6.54. The number of phenols is 1. The van der Waals surface area contributed by atoms with Crippen LogP contribution in [0.5, 0.6) is 11.5 Å². The van der Waals surface area contributed by atoms with Crippen molar-refractivity contribution in [2.75, 3.05) is 20.3 Å². The molecule has 220 valence electrons. The van der Waals surface area contributed by atoms with Gasteiger partial charge in [-0.05, 0) is 89.1 Å². The van der Waals surface area contributed by atoms with Gasteiger partial charge in [0.15, 0.2) is 11.5 Å². The molecule has 0 spiro atoms. The van der Waals surface area contributed by atoms with Crippen LogP contribution in [0.1, 0.15) is 63.5 Å². The highest BCUT2D eigenvalue weighted by Crippen LogP contribution is 2.47. The molecule has 1 saturated heterocycles. The summed E-state index contributed by atoms with van der Waals surface area (Å²) in [5.74, 6) is -1.54. The number of hydrogen-bond donors (Lipinski definition) is 3. The van der Waals surface area contributed by atoms with Gasteiger partial charge in [-0.1, -0.05) is 62.2 Å². The first-order valence-electron chi connectivity index (χ1n) is 14.4. The number of carbonyl (C=O) groups excluding carboxylic acids is 2. The van der Waals surface area contributed by atoms with Gasteiger partial charge in [0.05, 0.1) is 35.2 Å². The first kappa shape index (κ1) is 31.3. The zero-order valence-corrected chi connectivity index (χ0v) is 26.1. The average Bonchev–Trinajstić information content (AvgIpc) is 3.21. The van der Waals surface area contributed by atoms with E-state index < -0.39 is 23.9 Å². The van der Waals surface area contributed by atoms with Gasteiger partial charge in [0.25, 0.3) is 0 Å². The molecule has 2 aromatic carbocycles. The summed E-state index contributed by atoms with van der Waals surface area (Å²) in [6.45, 7) is 4.10. The van der Waals surface area contributed by atoms with Crippen molar-refractivity contribution in [1.29, 1.82) is 0 Å². The number of ether oxygens (including phenoxy) is 1. The number of likely N-dealkylation sites (tertiary alicyclic amines) is 1. The number of allylic oxidation sites excluding steroid dienone is 2. The largest absolute Gasteiger partial charge is 0.504 e. The van der Waals surface area contributed by atoms with E-state index in [0.717, 1.165) is 34.3 Å². The van der Waals surface area contributed by atoms with Crippen LogP contribution >= 0.6 is 22.6 Å². The molecule has 2 amide bonds. The van der Waals surface area contributed by atoms with E-state index in [4.69, 9.17) is 4.74 Å². The quantitative estimate of drug-likeness (QED) is 0.114. The number of benzene rings is 2. The lowest BCUT2D eigenvalue weighted by Gasteiger charge is -2.36. The summed E-state index contributed by atoms with van der Waals surface area (Å²) in [5.41, 5.74) is 4.62. The number of methoxy groups -OCH3 is 1. The predicted octanol–water partition coefficient (Wildman–Crippen LogP) is 5.81. The van der Waals surface area contributed by atoms with Gasteiger partial charge in [-0.25, -0.2) is 0 Å². The van der Waals surface area contributed by atoms with E-state index in [0.29, 0.717) is 48.0 Å². The van der Waals surface area contributed by atoms with E-state index in [2.05, 4.69) is 29.5 Å². The fraction of sp³-hybridized carbons (Fsp3) is 0.455. The number of rotatable bonds is 12. The summed E-state index contributed by atoms with van der Waals surface area (Å²) in [5, 5.41) is 32.5. The van der Waals surface area contributed by atoms with Crippen LogP contribution in [0, 0.1) is 21.3 Å². The van der Waals surface area contributed by atoms with Crippen molar-refractivity contribution in [2.24, 2.45) is 17.8 Å². The topological polar surface area (TPSA) is 107 Å². The number of amides is 2. The van der Waals surface area contributed by atoms with Crippen LogP contribution in [0.4, 0.5) is 0 Å². The number of aromatic hydroxyl groups is 1. The minimum Gasteiger partial charge on any atom is -0.504 e. The second kappa shape index (κ2) is 14.0. The van der Waals surface area contributed by atoms with Crippen LogP contribution in [0.25, 0.3) is 11.6 Å². The molecule has 4 atom stereocenters. The zero-order chi connectivity index (χ0) is 29.7. The number of aliphatic hydroxyl groups excluding tert-OH is 2. The maximum absolute atomic E-state index is 13.4. The second-order valence-corrected chi connectivity index (χ2v) is 12.1. The van der Waals surface area contributed by atoms with Crippen molar-refractivity contribution in [1.82, 2.24) is 4.90 Å². The lowest BCUT2D eigenvalue weighted by Crippen LogP contribution is -2.39. The van der Waals surface area contributed by atoms with Crippen LogP contribution in [-0.2, 0) is 9.59 Å². The number of nitrogens with zero attached hydrogens (tertiary/aromatic N) is 1. The number of phenolic OH excluding ortho intramolecular Hbond substituents is 1. The molecule has 0 saturated carbocycles.